The highest BCUT2D eigenvalue weighted by atomic mass is 79.9. The highest BCUT2D eigenvalue weighted by Crippen LogP contribution is 2.34. The standard InChI is InChI=1S/C37H40BrN3O5S/c1-27-17-22-35(46-2)33(23-27)41(47(44,45)32-15-7-4-8-16-32)26-36(42)40(25-29-18-20-30(38)21-19-29)34(24-28-11-5-3-6-12-28)37(43)39-31-13-9-10-14-31/h3-8,11-12,15-23,31,34H,9-10,13-14,24-26H2,1-2H3,(H,39,43)/t34-/m1/s1. The molecule has 246 valence electrons. The Morgan fingerprint density at radius 2 is 1.53 bits per heavy atom. The van der Waals surface area contributed by atoms with Gasteiger partial charge in [-0.25, -0.2) is 8.42 Å². The topological polar surface area (TPSA) is 96.0 Å². The predicted molar refractivity (Wildman–Crippen MR) is 188 cm³/mol. The maximum Gasteiger partial charge on any atom is 0.264 e. The van der Waals surface area contributed by atoms with E-state index in [-0.39, 0.29) is 35.5 Å². The molecule has 2 amide bonds. The largest absolute Gasteiger partial charge is 0.495 e. The van der Waals surface area contributed by atoms with E-state index in [0.717, 1.165) is 51.2 Å². The Morgan fingerprint density at radius 1 is 0.894 bits per heavy atom. The van der Waals surface area contributed by atoms with E-state index in [1.165, 1.54) is 24.1 Å². The van der Waals surface area contributed by atoms with E-state index in [2.05, 4.69) is 21.2 Å². The van der Waals surface area contributed by atoms with Crippen molar-refractivity contribution in [3.8, 4) is 5.75 Å². The number of anilines is 1. The fraction of sp³-hybridized carbons (Fsp3) is 0.297. The molecule has 0 bridgehead atoms. The third-order valence-electron chi connectivity index (χ3n) is 8.45. The molecule has 1 aliphatic rings. The quantitative estimate of drug-likeness (QED) is 0.167. The minimum atomic E-state index is -4.23. The van der Waals surface area contributed by atoms with Gasteiger partial charge in [-0.05, 0) is 72.9 Å². The molecule has 4 aromatic carbocycles. The molecule has 47 heavy (non-hydrogen) atoms. The van der Waals surface area contributed by atoms with Crippen LogP contribution in [0.1, 0.15) is 42.4 Å². The lowest BCUT2D eigenvalue weighted by molar-refractivity contribution is -0.140. The summed E-state index contributed by atoms with van der Waals surface area (Å²) in [7, 11) is -2.77. The summed E-state index contributed by atoms with van der Waals surface area (Å²) in [6, 6.07) is 29.5. The molecule has 1 atom stereocenters. The number of nitrogens with zero attached hydrogens (tertiary/aromatic N) is 2. The van der Waals surface area contributed by atoms with Crippen molar-refractivity contribution in [1.29, 1.82) is 0 Å². The molecule has 0 radical (unpaired) electrons. The van der Waals surface area contributed by atoms with Crippen LogP contribution in [0.5, 0.6) is 5.75 Å². The van der Waals surface area contributed by atoms with Gasteiger partial charge in [0.1, 0.15) is 18.3 Å². The number of rotatable bonds is 13. The van der Waals surface area contributed by atoms with Crippen LogP contribution < -0.4 is 14.4 Å². The third kappa shape index (κ3) is 8.61. The maximum absolute atomic E-state index is 14.7. The van der Waals surface area contributed by atoms with Gasteiger partial charge in [0.2, 0.25) is 11.8 Å². The Bertz CT molecular complexity index is 1760. The van der Waals surface area contributed by atoms with Gasteiger partial charge in [0.05, 0.1) is 17.7 Å². The molecule has 1 aliphatic carbocycles. The number of sulfonamides is 1. The smallest absolute Gasteiger partial charge is 0.264 e. The van der Waals surface area contributed by atoms with Crippen LogP contribution in [0.25, 0.3) is 0 Å². The first-order valence-corrected chi connectivity index (χ1v) is 18.0. The summed E-state index contributed by atoms with van der Waals surface area (Å²) < 4.78 is 36.2. The van der Waals surface area contributed by atoms with Gasteiger partial charge in [-0.3, -0.25) is 13.9 Å². The number of nitrogens with one attached hydrogen (secondary N) is 1. The third-order valence-corrected chi connectivity index (χ3v) is 10.8. The number of hydrogen-bond acceptors (Lipinski definition) is 5. The lowest BCUT2D eigenvalue weighted by atomic mass is 10.0. The zero-order valence-corrected chi connectivity index (χ0v) is 29.0. The van der Waals surface area contributed by atoms with Crippen molar-refractivity contribution >= 4 is 43.5 Å². The average Bonchev–Trinajstić information content (AvgIpc) is 3.59. The summed E-state index contributed by atoms with van der Waals surface area (Å²) in [5.41, 5.74) is 2.73. The van der Waals surface area contributed by atoms with Gasteiger partial charge >= 0.3 is 0 Å². The van der Waals surface area contributed by atoms with Crippen LogP contribution in [0, 0.1) is 6.92 Å². The Kier molecular flexibility index (Phi) is 11.4. The van der Waals surface area contributed by atoms with E-state index in [9.17, 15) is 18.0 Å². The molecule has 0 aliphatic heterocycles. The molecule has 0 spiro atoms. The highest BCUT2D eigenvalue weighted by molar-refractivity contribution is 9.10. The average molecular weight is 719 g/mol. The number of amides is 2. The monoisotopic (exact) mass is 717 g/mol. The minimum Gasteiger partial charge on any atom is -0.495 e. The molecule has 0 unspecified atom stereocenters. The van der Waals surface area contributed by atoms with E-state index < -0.39 is 28.5 Å². The van der Waals surface area contributed by atoms with Crippen molar-refractivity contribution in [2.45, 2.75) is 62.6 Å². The Labute approximate surface area is 285 Å². The van der Waals surface area contributed by atoms with Crippen molar-refractivity contribution in [2.75, 3.05) is 18.0 Å². The molecular weight excluding hydrogens is 678 g/mol. The zero-order valence-electron chi connectivity index (χ0n) is 26.6. The maximum atomic E-state index is 14.7. The van der Waals surface area contributed by atoms with Gasteiger partial charge in [-0.1, -0.05) is 95.5 Å². The van der Waals surface area contributed by atoms with Gasteiger partial charge in [-0.15, -0.1) is 0 Å². The normalized spacial score (nSPS) is 13.9. The Balaban J connectivity index is 1.59. The number of halogens is 1. The van der Waals surface area contributed by atoms with Crippen LogP contribution >= 0.6 is 15.9 Å². The van der Waals surface area contributed by atoms with E-state index in [1.54, 1.807) is 30.3 Å². The fourth-order valence-corrected chi connectivity index (χ4v) is 7.64. The summed E-state index contributed by atoms with van der Waals surface area (Å²) in [6.45, 7) is 1.41. The molecule has 1 fully saturated rings. The lowest BCUT2D eigenvalue weighted by Gasteiger charge is -2.34. The molecule has 0 heterocycles. The Hall–Kier alpha value is -4.15. The van der Waals surface area contributed by atoms with Crippen molar-refractivity contribution in [3.63, 3.8) is 0 Å². The van der Waals surface area contributed by atoms with Gasteiger partial charge in [0, 0.05) is 23.5 Å². The van der Waals surface area contributed by atoms with Crippen LogP contribution in [-0.2, 0) is 32.6 Å². The van der Waals surface area contributed by atoms with Crippen molar-refractivity contribution in [1.82, 2.24) is 10.2 Å². The predicted octanol–water partition coefficient (Wildman–Crippen LogP) is 6.66. The number of aryl methyl sites for hydroxylation is 1. The molecule has 4 aromatic rings. The number of carbonyl (C=O) groups is 2. The van der Waals surface area contributed by atoms with Crippen LogP contribution in [0.2, 0.25) is 0 Å². The van der Waals surface area contributed by atoms with Crippen molar-refractivity contribution < 1.29 is 22.7 Å². The SMILES string of the molecule is COc1ccc(C)cc1N(CC(=O)N(Cc1ccc(Br)cc1)[C@H](Cc1ccccc1)C(=O)NC1CCCC1)S(=O)(=O)c1ccccc1. The molecule has 5 rings (SSSR count). The first-order valence-electron chi connectivity index (χ1n) is 15.8. The first kappa shape index (κ1) is 34.2. The van der Waals surface area contributed by atoms with Gasteiger partial charge < -0.3 is 15.0 Å². The van der Waals surface area contributed by atoms with Gasteiger partial charge in [-0.2, -0.15) is 0 Å². The first-order chi connectivity index (χ1) is 22.7. The van der Waals surface area contributed by atoms with Crippen LogP contribution in [0.3, 0.4) is 0 Å². The van der Waals surface area contributed by atoms with E-state index in [4.69, 9.17) is 4.74 Å². The summed E-state index contributed by atoms with van der Waals surface area (Å²) >= 11 is 3.48. The van der Waals surface area contributed by atoms with Gasteiger partial charge in [0.25, 0.3) is 10.0 Å². The van der Waals surface area contributed by atoms with Crippen LogP contribution in [0.15, 0.2) is 112 Å². The molecular formula is C37H40BrN3O5S. The fourth-order valence-electron chi connectivity index (χ4n) is 5.94. The summed E-state index contributed by atoms with van der Waals surface area (Å²) in [5, 5.41) is 3.20. The second kappa shape index (κ2) is 15.6. The minimum absolute atomic E-state index is 0.0376. The molecule has 0 aromatic heterocycles. The number of hydrogen-bond donors (Lipinski definition) is 1. The summed E-state index contributed by atoms with van der Waals surface area (Å²) in [6.07, 6.45) is 4.13. The van der Waals surface area contributed by atoms with E-state index in [1.807, 2.05) is 67.6 Å². The summed E-state index contributed by atoms with van der Waals surface area (Å²) in [4.78, 5) is 30.4. The van der Waals surface area contributed by atoms with Gasteiger partial charge in [0.15, 0.2) is 0 Å². The number of methoxy groups -OCH3 is 1. The second-order valence-corrected chi connectivity index (χ2v) is 14.6. The van der Waals surface area contributed by atoms with Crippen LogP contribution in [0.4, 0.5) is 5.69 Å². The number of carbonyl (C=O) groups excluding carboxylic acids is 2. The molecule has 8 nitrogen and oxygen atoms in total. The molecule has 10 heteroatoms. The van der Waals surface area contributed by atoms with Crippen molar-refractivity contribution in [2.24, 2.45) is 0 Å². The molecule has 0 saturated heterocycles. The van der Waals surface area contributed by atoms with Crippen LogP contribution in [-0.4, -0.2) is 50.9 Å². The molecule has 1 saturated carbocycles. The lowest BCUT2D eigenvalue weighted by Crippen LogP contribution is -2.54. The molecule has 1 N–H and O–H groups in total. The Morgan fingerprint density at radius 3 is 2.17 bits per heavy atom. The number of benzene rings is 4. The highest BCUT2D eigenvalue weighted by Gasteiger charge is 2.36. The van der Waals surface area contributed by atoms with E-state index in [0.29, 0.717) is 5.75 Å². The van der Waals surface area contributed by atoms with E-state index >= 15 is 0 Å². The summed E-state index contributed by atoms with van der Waals surface area (Å²) in [5.74, 6) is -0.461. The second-order valence-electron chi connectivity index (χ2n) is 11.8. The zero-order chi connectivity index (χ0) is 33.4. The number of ether oxygens (including phenoxy) is 1. The van der Waals surface area contributed by atoms with Crippen molar-refractivity contribution in [3.05, 3.63) is 124 Å².